The average Bonchev–Trinajstić information content (AvgIpc) is 2.21. The maximum Gasteiger partial charge on any atom is 0.185 e. The Morgan fingerprint density at radius 2 is 1.67 bits per heavy atom. The normalized spacial score (nSPS) is 12.0. The van der Waals surface area contributed by atoms with E-state index >= 15 is 0 Å². The molecule has 0 spiro atoms. The van der Waals surface area contributed by atoms with Crippen LogP contribution in [0.1, 0.15) is 6.92 Å². The molecule has 0 amide bonds. The molecule has 0 aliphatic carbocycles. The lowest BCUT2D eigenvalue weighted by molar-refractivity contribution is 0.457. The van der Waals surface area contributed by atoms with E-state index in [0.29, 0.717) is 0 Å². The summed E-state index contributed by atoms with van der Waals surface area (Å²) in [7, 11) is 0. The minimum absolute atomic E-state index is 0.104. The fraction of sp³-hybridized carbons (Fsp3) is 0.222. The average molecular weight is 218 g/mol. The minimum atomic E-state index is -1.55. The van der Waals surface area contributed by atoms with Crippen LogP contribution in [0.2, 0.25) is 0 Å². The Labute approximate surface area is 83.1 Å². The quantitative estimate of drug-likeness (QED) is 0.611. The van der Waals surface area contributed by atoms with Gasteiger partial charge in [0.2, 0.25) is 0 Å². The number of nitrogens with zero attached hydrogens (tertiary/aromatic N) is 1. The first-order valence-electron chi connectivity index (χ1n) is 3.96. The summed E-state index contributed by atoms with van der Waals surface area (Å²) in [6.45, 7) is 1.29. The maximum absolute atomic E-state index is 13.0. The van der Waals surface area contributed by atoms with Crippen LogP contribution in [-0.4, -0.2) is 6.04 Å². The highest BCUT2D eigenvalue weighted by Gasteiger charge is 2.19. The van der Waals surface area contributed by atoms with Crippen molar-refractivity contribution in [3.63, 3.8) is 0 Å². The lowest BCUT2D eigenvalue weighted by atomic mass is 10.2. The highest BCUT2D eigenvalue weighted by molar-refractivity contribution is 5.48. The molecule has 0 aliphatic rings. The Kier molecular flexibility index (Phi) is 3.14. The van der Waals surface area contributed by atoms with E-state index < -0.39 is 35.0 Å². The van der Waals surface area contributed by atoms with Gasteiger partial charge in [-0.05, 0) is 6.92 Å². The van der Waals surface area contributed by atoms with Gasteiger partial charge in [-0.15, -0.1) is 0 Å². The predicted molar refractivity (Wildman–Crippen MR) is 45.0 cm³/mol. The third-order valence-corrected chi connectivity index (χ3v) is 1.67. The molecule has 1 rings (SSSR count). The molecular weight excluding hydrogens is 212 g/mol. The largest absolute Gasteiger partial charge is 0.365 e. The molecule has 0 saturated heterocycles. The summed E-state index contributed by atoms with van der Waals surface area (Å²) in [6.07, 6.45) is 0. The van der Waals surface area contributed by atoms with Gasteiger partial charge in [0.25, 0.3) is 0 Å². The maximum atomic E-state index is 13.0. The van der Waals surface area contributed by atoms with Gasteiger partial charge in [0, 0.05) is 6.07 Å². The number of hydrogen-bond acceptors (Lipinski definition) is 2. The molecule has 1 atom stereocenters. The number of hydrogen-bond donors (Lipinski definition) is 1. The molecule has 1 aromatic carbocycles. The van der Waals surface area contributed by atoms with E-state index in [1.807, 2.05) is 5.32 Å². The lowest BCUT2D eigenvalue weighted by Gasteiger charge is -2.10. The summed E-state index contributed by atoms with van der Waals surface area (Å²) < 4.78 is 51.3. The molecule has 0 aromatic heterocycles. The van der Waals surface area contributed by atoms with Crippen LogP contribution >= 0.6 is 0 Å². The minimum Gasteiger partial charge on any atom is -0.365 e. The van der Waals surface area contributed by atoms with Crippen molar-refractivity contribution >= 4 is 5.69 Å². The van der Waals surface area contributed by atoms with Crippen molar-refractivity contribution < 1.29 is 17.6 Å². The number of nitriles is 1. The van der Waals surface area contributed by atoms with Gasteiger partial charge in [0.05, 0.1) is 6.07 Å². The van der Waals surface area contributed by atoms with Crippen molar-refractivity contribution in [1.29, 1.82) is 5.26 Å². The fourth-order valence-corrected chi connectivity index (χ4v) is 0.949. The fourth-order valence-electron chi connectivity index (χ4n) is 0.949. The Balaban J connectivity index is 3.22. The molecule has 0 bridgehead atoms. The summed E-state index contributed by atoms with van der Waals surface area (Å²) in [5.41, 5.74) is -0.971. The third kappa shape index (κ3) is 2.18. The van der Waals surface area contributed by atoms with Gasteiger partial charge in [0.15, 0.2) is 23.3 Å². The van der Waals surface area contributed by atoms with E-state index in [1.54, 1.807) is 6.07 Å². The van der Waals surface area contributed by atoms with Crippen molar-refractivity contribution in [1.82, 2.24) is 0 Å². The van der Waals surface area contributed by atoms with Gasteiger partial charge in [0.1, 0.15) is 11.7 Å². The zero-order chi connectivity index (χ0) is 11.6. The van der Waals surface area contributed by atoms with E-state index in [2.05, 4.69) is 0 Å². The van der Waals surface area contributed by atoms with Gasteiger partial charge in [-0.25, -0.2) is 17.6 Å². The highest BCUT2D eigenvalue weighted by atomic mass is 19.2. The zero-order valence-electron chi connectivity index (χ0n) is 7.61. The monoisotopic (exact) mass is 218 g/mol. The summed E-state index contributed by atoms with van der Waals surface area (Å²) in [4.78, 5) is 0. The van der Waals surface area contributed by atoms with Crippen LogP contribution in [0.3, 0.4) is 0 Å². The summed E-state index contributed by atoms with van der Waals surface area (Å²) >= 11 is 0. The third-order valence-electron chi connectivity index (χ3n) is 1.67. The molecule has 2 nitrogen and oxygen atoms in total. The van der Waals surface area contributed by atoms with Crippen molar-refractivity contribution in [2.24, 2.45) is 0 Å². The van der Waals surface area contributed by atoms with Gasteiger partial charge in [-0.1, -0.05) is 0 Å². The first kappa shape index (κ1) is 11.3. The van der Waals surface area contributed by atoms with E-state index in [-0.39, 0.29) is 6.07 Å². The smallest absolute Gasteiger partial charge is 0.185 e. The van der Waals surface area contributed by atoms with Crippen LogP contribution in [0.5, 0.6) is 0 Å². The first-order chi connectivity index (χ1) is 6.97. The highest BCUT2D eigenvalue weighted by Crippen LogP contribution is 2.24. The van der Waals surface area contributed by atoms with Crippen LogP contribution < -0.4 is 5.32 Å². The van der Waals surface area contributed by atoms with Crippen LogP contribution in [-0.2, 0) is 0 Å². The number of nitrogens with one attached hydrogen (secondary N) is 1. The van der Waals surface area contributed by atoms with Crippen LogP contribution in [0.15, 0.2) is 6.07 Å². The van der Waals surface area contributed by atoms with Crippen LogP contribution in [0.4, 0.5) is 23.2 Å². The molecule has 1 aromatic rings. The number of benzene rings is 1. The summed E-state index contributed by atoms with van der Waals surface area (Å²) in [5.74, 6) is -6.12. The van der Waals surface area contributed by atoms with Gasteiger partial charge in [-0.3, -0.25) is 0 Å². The molecule has 0 aliphatic heterocycles. The number of anilines is 1. The van der Waals surface area contributed by atoms with Crippen LogP contribution in [0, 0.1) is 34.6 Å². The Morgan fingerprint density at radius 1 is 1.20 bits per heavy atom. The molecule has 0 saturated carbocycles. The molecule has 80 valence electrons. The van der Waals surface area contributed by atoms with Crippen molar-refractivity contribution in [2.45, 2.75) is 13.0 Å². The number of rotatable bonds is 2. The van der Waals surface area contributed by atoms with E-state index in [1.165, 1.54) is 6.92 Å². The second-order valence-corrected chi connectivity index (χ2v) is 2.84. The van der Waals surface area contributed by atoms with Gasteiger partial charge in [-0.2, -0.15) is 5.26 Å². The van der Waals surface area contributed by atoms with Crippen LogP contribution in [0.25, 0.3) is 0 Å². The van der Waals surface area contributed by atoms with Crippen molar-refractivity contribution in [3.05, 3.63) is 29.3 Å². The Bertz CT molecular complexity index is 399. The SMILES string of the molecule is CC(C#N)Nc1c(F)c(F)cc(F)c1F. The standard InChI is InChI=1S/C9H6F4N2/c1-4(3-14)15-9-7(12)5(10)2-6(11)8(9)13/h2,4,15H,1H3. The van der Waals surface area contributed by atoms with Crippen molar-refractivity contribution in [3.8, 4) is 6.07 Å². The second-order valence-electron chi connectivity index (χ2n) is 2.84. The Hall–Kier alpha value is -1.77. The Morgan fingerprint density at radius 3 is 2.07 bits per heavy atom. The van der Waals surface area contributed by atoms with E-state index in [0.717, 1.165) is 0 Å². The van der Waals surface area contributed by atoms with Gasteiger partial charge < -0.3 is 5.32 Å². The molecule has 6 heteroatoms. The lowest BCUT2D eigenvalue weighted by Crippen LogP contribution is -2.16. The molecule has 15 heavy (non-hydrogen) atoms. The summed E-state index contributed by atoms with van der Waals surface area (Å²) in [6, 6.07) is 0.759. The van der Waals surface area contributed by atoms with Gasteiger partial charge >= 0.3 is 0 Å². The number of halogens is 4. The molecule has 0 heterocycles. The molecule has 1 N–H and O–H groups in total. The first-order valence-corrected chi connectivity index (χ1v) is 3.96. The van der Waals surface area contributed by atoms with E-state index in [9.17, 15) is 17.6 Å². The second kappa shape index (κ2) is 4.17. The topological polar surface area (TPSA) is 35.8 Å². The molecule has 0 fully saturated rings. The zero-order valence-corrected chi connectivity index (χ0v) is 7.61. The predicted octanol–water partition coefficient (Wildman–Crippen LogP) is 2.57. The molecule has 0 radical (unpaired) electrons. The van der Waals surface area contributed by atoms with Crippen molar-refractivity contribution in [2.75, 3.05) is 5.32 Å². The summed E-state index contributed by atoms with van der Waals surface area (Å²) in [5, 5.41) is 10.4. The molecular formula is C9H6F4N2. The van der Waals surface area contributed by atoms with E-state index in [4.69, 9.17) is 5.26 Å². The molecule has 1 unspecified atom stereocenters.